The Labute approximate surface area is 106 Å². The van der Waals surface area contributed by atoms with E-state index in [0.29, 0.717) is 11.6 Å². The van der Waals surface area contributed by atoms with E-state index < -0.39 is 11.9 Å². The molecular weight excluding hydrogens is 230 g/mol. The number of aliphatic carboxylic acids is 1. The van der Waals surface area contributed by atoms with Gasteiger partial charge in [0.05, 0.1) is 0 Å². The Balaban J connectivity index is 2.78. The van der Waals surface area contributed by atoms with Gasteiger partial charge < -0.3 is 10.4 Å². The molecule has 0 heterocycles. The van der Waals surface area contributed by atoms with Crippen LogP contribution in [-0.4, -0.2) is 17.0 Å². The lowest BCUT2D eigenvalue weighted by atomic mass is 9.98. The summed E-state index contributed by atoms with van der Waals surface area (Å²) in [4.78, 5) is 21.6. The minimum absolute atomic E-state index is 0.432. The van der Waals surface area contributed by atoms with E-state index in [1.165, 1.54) is 5.56 Å². The van der Waals surface area contributed by atoms with Gasteiger partial charge in [0.15, 0.2) is 0 Å². The summed E-state index contributed by atoms with van der Waals surface area (Å²) in [7, 11) is 0. The molecule has 0 aliphatic carbocycles. The lowest BCUT2D eigenvalue weighted by Gasteiger charge is -2.11. The third kappa shape index (κ3) is 4.05. The number of nitrogens with one attached hydrogen (secondary N) is 1. The Kier molecular flexibility index (Phi) is 4.66. The van der Waals surface area contributed by atoms with Crippen LogP contribution < -0.4 is 5.32 Å². The van der Waals surface area contributed by atoms with Crippen LogP contribution in [0.25, 0.3) is 0 Å². The number of carbonyl (C=O) groups is 2. The van der Waals surface area contributed by atoms with Crippen LogP contribution in [0.2, 0.25) is 0 Å². The van der Waals surface area contributed by atoms with Crippen molar-refractivity contribution in [1.82, 2.24) is 0 Å². The largest absolute Gasteiger partial charge is 0.478 e. The van der Waals surface area contributed by atoms with Gasteiger partial charge in [0.25, 0.3) is 0 Å². The summed E-state index contributed by atoms with van der Waals surface area (Å²) in [6.07, 6.45) is 1.80. The SMILES string of the molecule is Cc1cc(NC(=O)/C=C/C(=O)O)ccc1C(C)C. The average Bonchev–Trinajstić information content (AvgIpc) is 2.26. The van der Waals surface area contributed by atoms with Gasteiger partial charge in [-0.1, -0.05) is 19.9 Å². The number of hydrogen-bond donors (Lipinski definition) is 2. The van der Waals surface area contributed by atoms with E-state index in [1.807, 2.05) is 25.1 Å². The van der Waals surface area contributed by atoms with Crippen molar-refractivity contribution < 1.29 is 14.7 Å². The van der Waals surface area contributed by atoms with Crippen molar-refractivity contribution >= 4 is 17.6 Å². The van der Waals surface area contributed by atoms with Crippen LogP contribution in [0.3, 0.4) is 0 Å². The van der Waals surface area contributed by atoms with Crippen LogP contribution in [0, 0.1) is 6.92 Å². The summed E-state index contributed by atoms with van der Waals surface area (Å²) in [5.41, 5.74) is 3.00. The lowest BCUT2D eigenvalue weighted by molar-refractivity contribution is -0.131. The fraction of sp³-hybridized carbons (Fsp3) is 0.286. The summed E-state index contributed by atoms with van der Waals surface area (Å²) in [5.74, 6) is -1.16. The van der Waals surface area contributed by atoms with Crippen molar-refractivity contribution in [3.63, 3.8) is 0 Å². The first-order valence-electron chi connectivity index (χ1n) is 5.72. The standard InChI is InChI=1S/C14H17NO3/c1-9(2)12-5-4-11(8-10(12)3)15-13(16)6-7-14(17)18/h4-9H,1-3H3,(H,15,16)(H,17,18)/b7-6+. The molecule has 1 aromatic carbocycles. The maximum absolute atomic E-state index is 11.4. The predicted octanol–water partition coefficient (Wildman–Crippen LogP) is 2.70. The second-order valence-corrected chi connectivity index (χ2v) is 4.39. The van der Waals surface area contributed by atoms with Crippen molar-refractivity contribution in [2.24, 2.45) is 0 Å². The van der Waals surface area contributed by atoms with Crippen molar-refractivity contribution in [1.29, 1.82) is 0 Å². The summed E-state index contributed by atoms with van der Waals surface area (Å²) < 4.78 is 0. The van der Waals surface area contributed by atoms with Gasteiger partial charge in [0.1, 0.15) is 0 Å². The minimum Gasteiger partial charge on any atom is -0.478 e. The Hall–Kier alpha value is -2.10. The Morgan fingerprint density at radius 1 is 1.28 bits per heavy atom. The quantitative estimate of drug-likeness (QED) is 0.804. The molecule has 0 atom stereocenters. The zero-order valence-corrected chi connectivity index (χ0v) is 10.7. The molecule has 1 aromatic rings. The number of rotatable bonds is 4. The number of amides is 1. The molecule has 4 heteroatoms. The van der Waals surface area contributed by atoms with Crippen molar-refractivity contribution in [3.8, 4) is 0 Å². The number of carbonyl (C=O) groups excluding carboxylic acids is 1. The van der Waals surface area contributed by atoms with Crippen molar-refractivity contribution in [2.75, 3.05) is 5.32 Å². The average molecular weight is 247 g/mol. The molecule has 0 saturated heterocycles. The van der Waals surface area contributed by atoms with E-state index in [-0.39, 0.29) is 0 Å². The third-order valence-corrected chi connectivity index (χ3v) is 2.54. The molecule has 0 aliphatic heterocycles. The monoisotopic (exact) mass is 247 g/mol. The molecule has 0 saturated carbocycles. The normalized spacial score (nSPS) is 10.9. The van der Waals surface area contributed by atoms with Crippen molar-refractivity contribution in [3.05, 3.63) is 41.5 Å². The Morgan fingerprint density at radius 3 is 2.44 bits per heavy atom. The summed E-state index contributed by atoms with van der Waals surface area (Å²) in [6.45, 7) is 6.20. The van der Waals surface area contributed by atoms with Crippen LogP contribution in [0.4, 0.5) is 5.69 Å². The van der Waals surface area contributed by atoms with Crippen LogP contribution in [0.5, 0.6) is 0 Å². The van der Waals surface area contributed by atoms with E-state index >= 15 is 0 Å². The maximum Gasteiger partial charge on any atom is 0.328 e. The molecule has 0 fully saturated rings. The number of carboxylic acid groups (broad SMARTS) is 1. The topological polar surface area (TPSA) is 66.4 Å². The first-order valence-corrected chi connectivity index (χ1v) is 5.72. The number of benzene rings is 1. The molecule has 0 bridgehead atoms. The molecular formula is C14H17NO3. The summed E-state index contributed by atoms with van der Waals surface area (Å²) in [6, 6.07) is 5.66. The van der Waals surface area contributed by atoms with Crippen LogP contribution in [0.15, 0.2) is 30.4 Å². The highest BCUT2D eigenvalue weighted by Gasteiger charge is 2.05. The molecule has 0 spiro atoms. The van der Waals surface area contributed by atoms with E-state index in [0.717, 1.165) is 17.7 Å². The molecule has 0 aromatic heterocycles. The van der Waals surface area contributed by atoms with Gasteiger partial charge in [0, 0.05) is 17.8 Å². The highest BCUT2D eigenvalue weighted by Crippen LogP contribution is 2.22. The fourth-order valence-electron chi connectivity index (χ4n) is 1.73. The van der Waals surface area contributed by atoms with Gasteiger partial charge >= 0.3 is 5.97 Å². The molecule has 96 valence electrons. The van der Waals surface area contributed by atoms with Gasteiger partial charge in [-0.15, -0.1) is 0 Å². The first kappa shape index (κ1) is 14.0. The molecule has 0 radical (unpaired) electrons. The molecule has 1 rings (SSSR count). The van der Waals surface area contributed by atoms with Crippen LogP contribution in [0.1, 0.15) is 30.9 Å². The van der Waals surface area contributed by atoms with Gasteiger partial charge in [-0.3, -0.25) is 4.79 Å². The second kappa shape index (κ2) is 6.00. The number of anilines is 1. The first-order chi connectivity index (χ1) is 8.40. The van der Waals surface area contributed by atoms with Gasteiger partial charge in [-0.05, 0) is 36.1 Å². The highest BCUT2D eigenvalue weighted by molar-refractivity contribution is 6.02. The summed E-state index contributed by atoms with van der Waals surface area (Å²) in [5, 5.41) is 11.0. The highest BCUT2D eigenvalue weighted by atomic mass is 16.4. The zero-order chi connectivity index (χ0) is 13.7. The molecule has 0 aliphatic rings. The smallest absolute Gasteiger partial charge is 0.328 e. The molecule has 0 unspecified atom stereocenters. The van der Waals surface area contributed by atoms with E-state index in [2.05, 4.69) is 19.2 Å². The Bertz CT molecular complexity index is 490. The number of carboxylic acids is 1. The maximum atomic E-state index is 11.4. The van der Waals surface area contributed by atoms with E-state index in [9.17, 15) is 9.59 Å². The molecule has 2 N–H and O–H groups in total. The Morgan fingerprint density at radius 2 is 1.94 bits per heavy atom. The number of aryl methyl sites for hydroxylation is 1. The fourth-order valence-corrected chi connectivity index (χ4v) is 1.73. The van der Waals surface area contributed by atoms with Gasteiger partial charge in [-0.2, -0.15) is 0 Å². The third-order valence-electron chi connectivity index (χ3n) is 2.54. The predicted molar refractivity (Wildman–Crippen MR) is 70.7 cm³/mol. The van der Waals surface area contributed by atoms with E-state index in [1.54, 1.807) is 0 Å². The zero-order valence-electron chi connectivity index (χ0n) is 10.7. The summed E-state index contributed by atoms with van der Waals surface area (Å²) >= 11 is 0. The van der Waals surface area contributed by atoms with Crippen molar-refractivity contribution in [2.45, 2.75) is 26.7 Å². The van der Waals surface area contributed by atoms with Crippen LogP contribution in [-0.2, 0) is 9.59 Å². The lowest BCUT2D eigenvalue weighted by Crippen LogP contribution is -2.09. The minimum atomic E-state index is -1.14. The number of hydrogen-bond acceptors (Lipinski definition) is 2. The molecule has 1 amide bonds. The van der Waals surface area contributed by atoms with E-state index in [4.69, 9.17) is 5.11 Å². The van der Waals surface area contributed by atoms with Gasteiger partial charge in [0.2, 0.25) is 5.91 Å². The molecule has 18 heavy (non-hydrogen) atoms. The van der Waals surface area contributed by atoms with Crippen LogP contribution >= 0.6 is 0 Å². The second-order valence-electron chi connectivity index (χ2n) is 4.39. The van der Waals surface area contributed by atoms with Gasteiger partial charge in [-0.25, -0.2) is 4.79 Å². The molecule has 4 nitrogen and oxygen atoms in total.